The quantitative estimate of drug-likeness (QED) is 0.242. The summed E-state index contributed by atoms with van der Waals surface area (Å²) in [5.74, 6) is -0.590. The first-order chi connectivity index (χ1) is 3.42. The van der Waals surface area contributed by atoms with Crippen LogP contribution in [0.15, 0.2) is 0 Å². The zero-order valence-electron chi connectivity index (χ0n) is 5.11. The summed E-state index contributed by atoms with van der Waals surface area (Å²) in [5, 5.41) is 0. The van der Waals surface area contributed by atoms with Crippen molar-refractivity contribution in [2.45, 2.75) is 6.17 Å². The van der Waals surface area contributed by atoms with Crippen molar-refractivity contribution in [1.29, 1.82) is 0 Å². The monoisotopic (exact) mass is 163 g/mol. The Morgan fingerprint density at radius 2 is 1.78 bits per heavy atom. The van der Waals surface area contributed by atoms with Gasteiger partial charge in [-0.05, 0) is 0 Å². The van der Waals surface area contributed by atoms with Crippen LogP contribution in [-0.2, 0) is 10.1 Å². The minimum Gasteiger partial charge on any atom is -0.315 e. The van der Waals surface area contributed by atoms with E-state index < -0.39 is 22.0 Å². The molecule has 0 heterocycles. The van der Waals surface area contributed by atoms with E-state index in [4.69, 9.17) is 16.0 Å². The Bertz CT molecular complexity index is 153. The number of hydrogen-bond donors (Lipinski definition) is 3. The van der Waals surface area contributed by atoms with Crippen LogP contribution in [0.3, 0.4) is 0 Å². The average molecular weight is 163 g/mol. The standard InChI is InChI=1S/C2H8N2O3S.Na/c3-2(4)1-8(5,6)7;/h2H,1,3-4H2,(H,5,6,7);. The number of nitrogens with two attached hydrogens (primary N) is 2. The summed E-state index contributed by atoms with van der Waals surface area (Å²) in [6.45, 7) is 0. The minimum atomic E-state index is -3.97. The van der Waals surface area contributed by atoms with Gasteiger partial charge in [0, 0.05) is 29.6 Å². The minimum absolute atomic E-state index is 0. The van der Waals surface area contributed by atoms with E-state index in [9.17, 15) is 8.42 Å². The Labute approximate surface area is 75.8 Å². The summed E-state index contributed by atoms with van der Waals surface area (Å²) >= 11 is 0. The van der Waals surface area contributed by atoms with Crippen LogP contribution in [0.25, 0.3) is 0 Å². The van der Waals surface area contributed by atoms with Crippen molar-refractivity contribution in [2.24, 2.45) is 11.5 Å². The first-order valence-electron chi connectivity index (χ1n) is 1.88. The second-order valence-corrected chi connectivity index (χ2v) is 2.91. The van der Waals surface area contributed by atoms with Crippen LogP contribution in [-0.4, -0.2) is 54.4 Å². The molecule has 0 unspecified atom stereocenters. The van der Waals surface area contributed by atoms with Gasteiger partial charge in [0.15, 0.2) is 0 Å². The second kappa shape index (κ2) is 4.62. The van der Waals surface area contributed by atoms with Gasteiger partial charge in [0.05, 0.1) is 6.17 Å². The van der Waals surface area contributed by atoms with Gasteiger partial charge in [-0.1, -0.05) is 0 Å². The molecule has 0 rings (SSSR count). The van der Waals surface area contributed by atoms with E-state index in [0.717, 1.165) is 0 Å². The maximum absolute atomic E-state index is 9.84. The van der Waals surface area contributed by atoms with Crippen LogP contribution >= 0.6 is 0 Å². The molecular formula is C2H8N2NaO3S. The van der Waals surface area contributed by atoms with Crippen LogP contribution in [0, 0.1) is 0 Å². The molecule has 7 heteroatoms. The van der Waals surface area contributed by atoms with Crippen molar-refractivity contribution in [3.8, 4) is 0 Å². The molecule has 0 amide bonds. The molecule has 1 radical (unpaired) electrons. The summed E-state index contributed by atoms with van der Waals surface area (Å²) in [4.78, 5) is 0. The topological polar surface area (TPSA) is 106 Å². The predicted molar refractivity (Wildman–Crippen MR) is 34.3 cm³/mol. The fourth-order valence-electron chi connectivity index (χ4n) is 0.243. The number of hydrogen-bond acceptors (Lipinski definition) is 4. The van der Waals surface area contributed by atoms with E-state index in [1.165, 1.54) is 0 Å². The fourth-order valence-corrected chi connectivity index (χ4v) is 0.730. The smallest absolute Gasteiger partial charge is 0.267 e. The first kappa shape index (κ1) is 12.5. The van der Waals surface area contributed by atoms with Gasteiger partial charge < -0.3 is 11.5 Å². The third kappa shape index (κ3) is 12.1. The van der Waals surface area contributed by atoms with Crippen molar-refractivity contribution in [3.63, 3.8) is 0 Å². The van der Waals surface area contributed by atoms with Gasteiger partial charge in [0.2, 0.25) is 0 Å². The van der Waals surface area contributed by atoms with Crippen molar-refractivity contribution in [2.75, 3.05) is 5.75 Å². The molecule has 0 aliphatic carbocycles. The molecule has 0 aliphatic rings. The summed E-state index contributed by atoms with van der Waals surface area (Å²) in [5.41, 5.74) is 9.63. The van der Waals surface area contributed by atoms with Gasteiger partial charge in [0.1, 0.15) is 5.75 Å². The zero-order chi connectivity index (χ0) is 6.78. The molecular weight excluding hydrogens is 155 g/mol. The fraction of sp³-hybridized carbons (Fsp3) is 1.00. The summed E-state index contributed by atoms with van der Waals surface area (Å²) < 4.78 is 27.7. The molecule has 0 saturated heterocycles. The second-order valence-electron chi connectivity index (χ2n) is 1.41. The molecule has 5 N–H and O–H groups in total. The molecule has 0 aromatic heterocycles. The van der Waals surface area contributed by atoms with E-state index in [1.807, 2.05) is 0 Å². The average Bonchev–Trinajstić information content (AvgIpc) is 1.21. The Morgan fingerprint density at radius 1 is 1.44 bits per heavy atom. The maximum atomic E-state index is 9.84. The molecule has 0 aromatic rings. The molecule has 51 valence electrons. The Hall–Kier alpha value is 0.830. The maximum Gasteiger partial charge on any atom is 0.267 e. The van der Waals surface area contributed by atoms with E-state index in [0.29, 0.717) is 0 Å². The van der Waals surface area contributed by atoms with Crippen LogP contribution in [0.2, 0.25) is 0 Å². The SMILES string of the molecule is NC(N)CS(=O)(=O)O.[Na]. The van der Waals surface area contributed by atoms with Crippen molar-refractivity contribution >= 4 is 39.7 Å². The Balaban J connectivity index is 0. The molecule has 5 nitrogen and oxygen atoms in total. The van der Waals surface area contributed by atoms with E-state index in [1.54, 1.807) is 0 Å². The van der Waals surface area contributed by atoms with Crippen molar-refractivity contribution in [3.05, 3.63) is 0 Å². The van der Waals surface area contributed by atoms with Crippen LogP contribution in [0.4, 0.5) is 0 Å². The molecule has 0 bridgehead atoms. The molecule has 0 spiro atoms. The summed E-state index contributed by atoms with van der Waals surface area (Å²) in [7, 11) is -3.97. The van der Waals surface area contributed by atoms with Gasteiger partial charge >= 0.3 is 0 Å². The van der Waals surface area contributed by atoms with Gasteiger partial charge in [-0.3, -0.25) is 4.55 Å². The largest absolute Gasteiger partial charge is 0.315 e. The van der Waals surface area contributed by atoms with Gasteiger partial charge in [-0.15, -0.1) is 0 Å². The number of rotatable bonds is 2. The van der Waals surface area contributed by atoms with Gasteiger partial charge in [0.25, 0.3) is 10.1 Å². The van der Waals surface area contributed by atoms with Crippen LogP contribution in [0.5, 0.6) is 0 Å². The third-order valence-electron chi connectivity index (χ3n) is 0.403. The van der Waals surface area contributed by atoms with E-state index in [-0.39, 0.29) is 29.6 Å². The molecule has 0 aliphatic heterocycles. The molecule has 0 fully saturated rings. The van der Waals surface area contributed by atoms with Crippen LogP contribution in [0.1, 0.15) is 0 Å². The molecule has 9 heavy (non-hydrogen) atoms. The zero-order valence-corrected chi connectivity index (χ0v) is 7.93. The Morgan fingerprint density at radius 3 is 1.78 bits per heavy atom. The van der Waals surface area contributed by atoms with Gasteiger partial charge in [-0.2, -0.15) is 8.42 Å². The first-order valence-corrected chi connectivity index (χ1v) is 3.49. The Kier molecular flexibility index (Phi) is 6.41. The van der Waals surface area contributed by atoms with E-state index in [2.05, 4.69) is 0 Å². The van der Waals surface area contributed by atoms with Crippen molar-refractivity contribution in [1.82, 2.24) is 0 Å². The summed E-state index contributed by atoms with van der Waals surface area (Å²) in [6.07, 6.45) is -0.995. The summed E-state index contributed by atoms with van der Waals surface area (Å²) in [6, 6.07) is 0. The predicted octanol–water partition coefficient (Wildman–Crippen LogP) is -2.26. The van der Waals surface area contributed by atoms with Crippen LogP contribution < -0.4 is 11.5 Å². The molecule has 0 aromatic carbocycles. The molecule has 0 atom stereocenters. The normalized spacial score (nSPS) is 11.1. The van der Waals surface area contributed by atoms with E-state index >= 15 is 0 Å². The third-order valence-corrected chi connectivity index (χ3v) is 1.21. The van der Waals surface area contributed by atoms with Crippen molar-refractivity contribution < 1.29 is 13.0 Å². The van der Waals surface area contributed by atoms with Gasteiger partial charge in [-0.25, -0.2) is 0 Å². The molecule has 0 saturated carbocycles.